The van der Waals surface area contributed by atoms with Gasteiger partial charge in [0.15, 0.2) is 0 Å². The Morgan fingerprint density at radius 1 is 0.800 bits per heavy atom. The lowest BCUT2D eigenvalue weighted by Gasteiger charge is -2.17. The lowest BCUT2D eigenvalue weighted by Crippen LogP contribution is -2.32. The molecular formula is C24H24BrN3O2. The van der Waals surface area contributed by atoms with Gasteiger partial charge >= 0.3 is 0 Å². The molecule has 0 saturated heterocycles. The monoisotopic (exact) mass is 465 g/mol. The van der Waals surface area contributed by atoms with Gasteiger partial charge < -0.3 is 10.6 Å². The van der Waals surface area contributed by atoms with Crippen molar-refractivity contribution in [3.05, 3.63) is 83.3 Å². The first-order valence-electron chi connectivity index (χ1n) is 9.70. The SMILES string of the molecule is CN(CCC(=O)Nc1ccccc1-c1ccccc1)CC(=O)Nc1ccccc1Br. The fraction of sp³-hybridized carbons (Fsp3) is 0.167. The first-order valence-corrected chi connectivity index (χ1v) is 10.5. The molecule has 0 aliphatic carbocycles. The third-order valence-electron chi connectivity index (χ3n) is 4.57. The third kappa shape index (κ3) is 6.27. The van der Waals surface area contributed by atoms with Crippen LogP contribution in [-0.4, -0.2) is 36.9 Å². The van der Waals surface area contributed by atoms with Gasteiger partial charge in [-0.2, -0.15) is 0 Å². The van der Waals surface area contributed by atoms with E-state index in [0.717, 1.165) is 27.0 Å². The summed E-state index contributed by atoms with van der Waals surface area (Å²) < 4.78 is 0.831. The molecule has 0 radical (unpaired) electrons. The minimum atomic E-state index is -0.126. The zero-order valence-corrected chi connectivity index (χ0v) is 18.4. The molecule has 0 aliphatic heterocycles. The maximum absolute atomic E-state index is 12.5. The van der Waals surface area contributed by atoms with Crippen LogP contribution in [0.1, 0.15) is 6.42 Å². The summed E-state index contributed by atoms with van der Waals surface area (Å²) in [5.41, 5.74) is 3.54. The van der Waals surface area contributed by atoms with Gasteiger partial charge in [-0.15, -0.1) is 0 Å². The Hall–Kier alpha value is -2.96. The molecule has 3 aromatic carbocycles. The lowest BCUT2D eigenvalue weighted by molar-refractivity contribution is -0.119. The summed E-state index contributed by atoms with van der Waals surface area (Å²) in [4.78, 5) is 26.5. The summed E-state index contributed by atoms with van der Waals surface area (Å²) in [6.07, 6.45) is 0.294. The minimum absolute atomic E-state index is 0.0866. The number of amides is 2. The van der Waals surface area contributed by atoms with E-state index in [9.17, 15) is 9.59 Å². The van der Waals surface area contributed by atoms with Crippen molar-refractivity contribution >= 4 is 39.1 Å². The number of carbonyl (C=O) groups is 2. The number of nitrogens with one attached hydrogen (secondary N) is 2. The van der Waals surface area contributed by atoms with Crippen LogP contribution in [0, 0.1) is 0 Å². The van der Waals surface area contributed by atoms with Crippen molar-refractivity contribution in [2.45, 2.75) is 6.42 Å². The highest BCUT2D eigenvalue weighted by molar-refractivity contribution is 9.10. The molecule has 0 fully saturated rings. The number of halogens is 1. The van der Waals surface area contributed by atoms with E-state index in [1.807, 2.05) is 90.8 Å². The summed E-state index contributed by atoms with van der Waals surface area (Å²) in [7, 11) is 1.82. The van der Waals surface area contributed by atoms with Crippen LogP contribution in [0.4, 0.5) is 11.4 Å². The normalized spacial score (nSPS) is 10.6. The highest BCUT2D eigenvalue weighted by Crippen LogP contribution is 2.27. The number of likely N-dealkylation sites (N-methyl/N-ethyl adjacent to an activating group) is 1. The van der Waals surface area contributed by atoms with Crippen LogP contribution in [-0.2, 0) is 9.59 Å². The van der Waals surface area contributed by atoms with Gasteiger partial charge in [0.05, 0.1) is 12.2 Å². The maximum atomic E-state index is 12.5. The van der Waals surface area contributed by atoms with E-state index in [1.165, 1.54) is 0 Å². The molecule has 2 N–H and O–H groups in total. The fourth-order valence-corrected chi connectivity index (χ4v) is 3.43. The van der Waals surface area contributed by atoms with Crippen molar-refractivity contribution in [2.24, 2.45) is 0 Å². The standard InChI is InChI=1S/C24H24BrN3O2/c1-28(17-24(30)27-22-14-8-6-12-20(22)25)16-15-23(29)26-21-13-7-5-11-19(21)18-9-3-2-4-10-18/h2-14H,15-17H2,1H3,(H,26,29)(H,27,30). The second-order valence-corrected chi connectivity index (χ2v) is 7.83. The number of nitrogens with zero attached hydrogens (tertiary/aromatic N) is 1. The molecule has 0 spiro atoms. The Morgan fingerprint density at radius 2 is 1.40 bits per heavy atom. The van der Waals surface area contributed by atoms with Gasteiger partial charge in [-0.3, -0.25) is 14.5 Å². The molecule has 0 saturated carbocycles. The predicted octanol–water partition coefficient (Wildman–Crippen LogP) is 5.02. The van der Waals surface area contributed by atoms with Crippen molar-refractivity contribution < 1.29 is 9.59 Å². The van der Waals surface area contributed by atoms with Crippen LogP contribution < -0.4 is 10.6 Å². The predicted molar refractivity (Wildman–Crippen MR) is 125 cm³/mol. The van der Waals surface area contributed by atoms with Gasteiger partial charge in [0.1, 0.15) is 0 Å². The Balaban J connectivity index is 1.50. The van der Waals surface area contributed by atoms with Gasteiger partial charge in [-0.25, -0.2) is 0 Å². The molecule has 0 aromatic heterocycles. The van der Waals surface area contributed by atoms with E-state index in [0.29, 0.717) is 13.0 Å². The number of hydrogen-bond donors (Lipinski definition) is 2. The largest absolute Gasteiger partial charge is 0.325 e. The Bertz CT molecular complexity index is 1010. The third-order valence-corrected chi connectivity index (χ3v) is 5.26. The van der Waals surface area contributed by atoms with Crippen molar-refractivity contribution in [3.8, 4) is 11.1 Å². The molecular weight excluding hydrogens is 442 g/mol. The first kappa shape index (κ1) is 21.7. The molecule has 154 valence electrons. The lowest BCUT2D eigenvalue weighted by atomic mass is 10.0. The highest BCUT2D eigenvalue weighted by Gasteiger charge is 2.12. The summed E-state index contributed by atoms with van der Waals surface area (Å²) in [6.45, 7) is 0.679. The maximum Gasteiger partial charge on any atom is 0.238 e. The second kappa shape index (κ2) is 10.7. The average molecular weight is 466 g/mol. The quantitative estimate of drug-likeness (QED) is 0.491. The molecule has 6 heteroatoms. The van der Waals surface area contributed by atoms with Gasteiger partial charge in [0.2, 0.25) is 11.8 Å². The van der Waals surface area contributed by atoms with E-state index in [1.54, 1.807) is 0 Å². The summed E-state index contributed by atoms with van der Waals surface area (Å²) in [5.74, 6) is -0.212. The smallest absolute Gasteiger partial charge is 0.238 e. The van der Waals surface area contributed by atoms with Crippen molar-refractivity contribution in [1.29, 1.82) is 0 Å². The van der Waals surface area contributed by atoms with Crippen LogP contribution in [0.3, 0.4) is 0 Å². The number of rotatable bonds is 8. The van der Waals surface area contributed by atoms with Gasteiger partial charge in [0.25, 0.3) is 0 Å². The number of para-hydroxylation sites is 2. The Kier molecular flexibility index (Phi) is 7.76. The number of hydrogen-bond acceptors (Lipinski definition) is 3. The van der Waals surface area contributed by atoms with Crippen LogP contribution >= 0.6 is 15.9 Å². The van der Waals surface area contributed by atoms with E-state index in [4.69, 9.17) is 0 Å². The minimum Gasteiger partial charge on any atom is -0.325 e. The van der Waals surface area contributed by atoms with E-state index in [2.05, 4.69) is 26.6 Å². The summed E-state index contributed by atoms with van der Waals surface area (Å²) in [5, 5.41) is 5.86. The molecule has 5 nitrogen and oxygen atoms in total. The van der Waals surface area contributed by atoms with E-state index >= 15 is 0 Å². The van der Waals surface area contributed by atoms with Crippen LogP contribution in [0.2, 0.25) is 0 Å². The molecule has 3 rings (SSSR count). The fourth-order valence-electron chi connectivity index (χ4n) is 3.04. The Labute approximate surface area is 185 Å². The summed E-state index contributed by atoms with van der Waals surface area (Å²) in [6, 6.07) is 25.1. The molecule has 0 unspecified atom stereocenters. The average Bonchev–Trinajstić information content (AvgIpc) is 2.75. The molecule has 0 aliphatic rings. The van der Waals surface area contributed by atoms with Gasteiger partial charge in [-0.05, 0) is 46.7 Å². The molecule has 30 heavy (non-hydrogen) atoms. The number of anilines is 2. The summed E-state index contributed by atoms with van der Waals surface area (Å²) >= 11 is 3.41. The molecule has 0 heterocycles. The zero-order chi connectivity index (χ0) is 21.3. The zero-order valence-electron chi connectivity index (χ0n) is 16.8. The topological polar surface area (TPSA) is 61.4 Å². The number of carbonyl (C=O) groups excluding carboxylic acids is 2. The van der Waals surface area contributed by atoms with Gasteiger partial charge in [0, 0.05) is 28.7 Å². The molecule has 3 aromatic rings. The molecule has 0 atom stereocenters. The van der Waals surface area contributed by atoms with Crippen molar-refractivity contribution in [2.75, 3.05) is 30.8 Å². The van der Waals surface area contributed by atoms with E-state index in [-0.39, 0.29) is 18.4 Å². The van der Waals surface area contributed by atoms with Crippen molar-refractivity contribution in [3.63, 3.8) is 0 Å². The number of benzene rings is 3. The van der Waals surface area contributed by atoms with Crippen LogP contribution in [0.15, 0.2) is 83.3 Å². The molecule has 0 bridgehead atoms. The Morgan fingerprint density at radius 3 is 2.13 bits per heavy atom. The molecule has 2 amide bonds. The highest BCUT2D eigenvalue weighted by atomic mass is 79.9. The van der Waals surface area contributed by atoms with Crippen LogP contribution in [0.5, 0.6) is 0 Å². The van der Waals surface area contributed by atoms with E-state index < -0.39 is 0 Å². The van der Waals surface area contributed by atoms with Gasteiger partial charge in [-0.1, -0.05) is 60.7 Å². The first-order chi connectivity index (χ1) is 14.5. The second-order valence-electron chi connectivity index (χ2n) is 6.98. The van der Waals surface area contributed by atoms with Crippen molar-refractivity contribution in [1.82, 2.24) is 4.90 Å². The van der Waals surface area contributed by atoms with Crippen LogP contribution in [0.25, 0.3) is 11.1 Å².